The lowest BCUT2D eigenvalue weighted by atomic mass is 10.4. The van der Waals surface area contributed by atoms with E-state index in [4.69, 9.17) is 9.47 Å². The third-order valence-electron chi connectivity index (χ3n) is 2.46. The van der Waals surface area contributed by atoms with E-state index in [1.54, 1.807) is 23.1 Å². The number of thiophene rings is 1. The summed E-state index contributed by atoms with van der Waals surface area (Å²) < 4.78 is 11.1. The van der Waals surface area contributed by atoms with Crippen LogP contribution in [0, 0.1) is 0 Å². The van der Waals surface area contributed by atoms with Crippen molar-refractivity contribution in [1.29, 1.82) is 0 Å². The highest BCUT2D eigenvalue weighted by molar-refractivity contribution is 7.99. The molecule has 17 heavy (non-hydrogen) atoms. The highest BCUT2D eigenvalue weighted by atomic mass is 32.2. The molecular formula is C13H12O2S2. The van der Waals surface area contributed by atoms with Crippen LogP contribution in [-0.2, 0) is 9.47 Å². The molecule has 1 aliphatic rings. The Bertz CT molecular complexity index is 475. The minimum atomic E-state index is -0.166. The van der Waals surface area contributed by atoms with Crippen molar-refractivity contribution in [2.24, 2.45) is 0 Å². The van der Waals surface area contributed by atoms with Gasteiger partial charge in [-0.3, -0.25) is 0 Å². The van der Waals surface area contributed by atoms with Crippen LogP contribution in [0.5, 0.6) is 0 Å². The summed E-state index contributed by atoms with van der Waals surface area (Å²) in [6.45, 7) is 1.38. The van der Waals surface area contributed by atoms with Gasteiger partial charge >= 0.3 is 0 Å². The number of rotatable bonds is 3. The zero-order valence-electron chi connectivity index (χ0n) is 9.17. The third-order valence-corrected chi connectivity index (χ3v) is 4.62. The maximum absolute atomic E-state index is 5.55. The van der Waals surface area contributed by atoms with Crippen LogP contribution in [0.4, 0.5) is 0 Å². The summed E-state index contributed by atoms with van der Waals surface area (Å²) in [5.41, 5.74) is 0. The maximum atomic E-state index is 5.55. The lowest BCUT2D eigenvalue weighted by molar-refractivity contribution is -0.0430. The van der Waals surface area contributed by atoms with Gasteiger partial charge in [-0.05, 0) is 23.6 Å². The minimum Gasteiger partial charge on any atom is -0.345 e. The summed E-state index contributed by atoms with van der Waals surface area (Å²) in [7, 11) is 0. The van der Waals surface area contributed by atoms with Gasteiger partial charge in [-0.1, -0.05) is 30.0 Å². The Hall–Kier alpha value is -0.810. The quantitative estimate of drug-likeness (QED) is 0.836. The fourth-order valence-electron chi connectivity index (χ4n) is 1.69. The molecule has 0 aliphatic carbocycles. The lowest BCUT2D eigenvalue weighted by Gasteiger charge is -2.09. The van der Waals surface area contributed by atoms with Crippen molar-refractivity contribution in [3.05, 3.63) is 46.7 Å². The van der Waals surface area contributed by atoms with Crippen molar-refractivity contribution < 1.29 is 9.47 Å². The molecule has 1 saturated heterocycles. The molecule has 1 aromatic heterocycles. The van der Waals surface area contributed by atoms with Gasteiger partial charge in [0.25, 0.3) is 0 Å². The van der Waals surface area contributed by atoms with Crippen LogP contribution in [0.2, 0.25) is 0 Å². The van der Waals surface area contributed by atoms with Crippen molar-refractivity contribution in [2.45, 2.75) is 16.1 Å². The summed E-state index contributed by atoms with van der Waals surface area (Å²) in [6, 6.07) is 12.5. The molecule has 88 valence electrons. The van der Waals surface area contributed by atoms with Gasteiger partial charge in [0.2, 0.25) is 0 Å². The maximum Gasteiger partial charge on any atom is 0.194 e. The van der Waals surface area contributed by atoms with Gasteiger partial charge in [0, 0.05) is 9.79 Å². The van der Waals surface area contributed by atoms with Gasteiger partial charge in [-0.2, -0.15) is 0 Å². The fraction of sp³-hybridized carbons (Fsp3) is 0.231. The molecule has 0 amide bonds. The molecule has 1 fully saturated rings. The molecule has 0 atom stereocenters. The molecule has 0 unspecified atom stereocenters. The Kier molecular flexibility index (Phi) is 3.47. The van der Waals surface area contributed by atoms with Gasteiger partial charge in [0.15, 0.2) is 6.29 Å². The Morgan fingerprint density at radius 2 is 1.82 bits per heavy atom. The van der Waals surface area contributed by atoms with E-state index in [-0.39, 0.29) is 6.29 Å². The van der Waals surface area contributed by atoms with Crippen LogP contribution < -0.4 is 0 Å². The van der Waals surface area contributed by atoms with Gasteiger partial charge < -0.3 is 9.47 Å². The lowest BCUT2D eigenvalue weighted by Crippen LogP contribution is -1.95. The van der Waals surface area contributed by atoms with Gasteiger partial charge in [0.1, 0.15) is 0 Å². The van der Waals surface area contributed by atoms with E-state index >= 15 is 0 Å². The van der Waals surface area contributed by atoms with Crippen LogP contribution in [-0.4, -0.2) is 13.2 Å². The van der Waals surface area contributed by atoms with Crippen LogP contribution in [0.1, 0.15) is 11.2 Å². The zero-order valence-corrected chi connectivity index (χ0v) is 10.8. The van der Waals surface area contributed by atoms with Crippen molar-refractivity contribution in [2.75, 3.05) is 13.2 Å². The summed E-state index contributed by atoms with van der Waals surface area (Å²) in [5.74, 6) is 0. The normalized spacial score (nSPS) is 16.5. The molecule has 2 heterocycles. The monoisotopic (exact) mass is 264 g/mol. The molecule has 0 radical (unpaired) electrons. The standard InChI is InChI=1S/C13H12O2S2/c1-2-4-10(5-3-1)17-11-6-9-16-12(11)13-14-7-8-15-13/h1-6,9,13H,7-8H2. The van der Waals surface area contributed by atoms with Crippen molar-refractivity contribution in [1.82, 2.24) is 0 Å². The Labute approximate surface area is 109 Å². The first-order valence-corrected chi connectivity index (χ1v) is 7.16. The Balaban J connectivity index is 1.81. The number of hydrogen-bond acceptors (Lipinski definition) is 4. The summed E-state index contributed by atoms with van der Waals surface area (Å²) in [4.78, 5) is 3.65. The second-order valence-electron chi connectivity index (χ2n) is 3.64. The van der Waals surface area contributed by atoms with Crippen LogP contribution in [0.3, 0.4) is 0 Å². The largest absolute Gasteiger partial charge is 0.345 e. The first-order valence-electron chi connectivity index (χ1n) is 5.47. The van der Waals surface area contributed by atoms with Crippen LogP contribution in [0.15, 0.2) is 51.6 Å². The Morgan fingerprint density at radius 1 is 1.06 bits per heavy atom. The second kappa shape index (κ2) is 5.23. The van der Waals surface area contributed by atoms with E-state index in [2.05, 4.69) is 35.7 Å². The third kappa shape index (κ3) is 2.55. The smallest absolute Gasteiger partial charge is 0.194 e. The molecule has 0 bridgehead atoms. The van der Waals surface area contributed by atoms with Crippen molar-refractivity contribution in [3.8, 4) is 0 Å². The first-order chi connectivity index (χ1) is 8.43. The van der Waals surface area contributed by atoms with E-state index < -0.39 is 0 Å². The molecule has 0 spiro atoms. The highest BCUT2D eigenvalue weighted by Crippen LogP contribution is 2.39. The van der Waals surface area contributed by atoms with E-state index in [0.717, 1.165) is 0 Å². The topological polar surface area (TPSA) is 18.5 Å². The van der Waals surface area contributed by atoms with Crippen LogP contribution >= 0.6 is 23.1 Å². The summed E-state index contributed by atoms with van der Waals surface area (Å²) in [5, 5.41) is 2.09. The molecule has 3 rings (SSSR count). The molecule has 0 saturated carbocycles. The molecular weight excluding hydrogens is 252 g/mol. The fourth-order valence-corrected chi connectivity index (χ4v) is 3.71. The highest BCUT2D eigenvalue weighted by Gasteiger charge is 2.22. The van der Waals surface area contributed by atoms with Gasteiger partial charge in [-0.15, -0.1) is 11.3 Å². The average Bonchev–Trinajstić information content (AvgIpc) is 3.00. The van der Waals surface area contributed by atoms with E-state index in [9.17, 15) is 0 Å². The molecule has 2 aromatic rings. The predicted molar refractivity (Wildman–Crippen MR) is 69.5 cm³/mol. The van der Waals surface area contributed by atoms with Gasteiger partial charge in [0.05, 0.1) is 18.1 Å². The number of benzene rings is 1. The average molecular weight is 264 g/mol. The summed E-state index contributed by atoms with van der Waals surface area (Å²) in [6.07, 6.45) is -0.166. The first kappa shape index (κ1) is 11.3. The predicted octanol–water partition coefficient (Wildman–Crippen LogP) is 3.94. The molecule has 0 N–H and O–H groups in total. The molecule has 2 nitrogen and oxygen atoms in total. The second-order valence-corrected chi connectivity index (χ2v) is 5.70. The van der Waals surface area contributed by atoms with E-state index in [1.807, 2.05) is 6.07 Å². The summed E-state index contributed by atoms with van der Waals surface area (Å²) >= 11 is 3.45. The molecule has 1 aromatic carbocycles. The van der Waals surface area contributed by atoms with E-state index in [1.165, 1.54) is 14.7 Å². The Morgan fingerprint density at radius 3 is 2.59 bits per heavy atom. The number of ether oxygens (including phenoxy) is 2. The molecule has 1 aliphatic heterocycles. The zero-order chi connectivity index (χ0) is 11.5. The number of hydrogen-bond donors (Lipinski definition) is 0. The minimum absolute atomic E-state index is 0.166. The van der Waals surface area contributed by atoms with Crippen molar-refractivity contribution in [3.63, 3.8) is 0 Å². The van der Waals surface area contributed by atoms with Crippen molar-refractivity contribution >= 4 is 23.1 Å². The van der Waals surface area contributed by atoms with E-state index in [0.29, 0.717) is 13.2 Å². The molecule has 4 heteroatoms. The SMILES string of the molecule is c1ccc(Sc2ccsc2C2OCCO2)cc1. The van der Waals surface area contributed by atoms with Crippen LogP contribution in [0.25, 0.3) is 0 Å². The van der Waals surface area contributed by atoms with Gasteiger partial charge in [-0.25, -0.2) is 0 Å².